The van der Waals surface area contributed by atoms with Crippen LogP contribution in [0, 0.1) is 5.92 Å². The van der Waals surface area contributed by atoms with Gasteiger partial charge in [-0.15, -0.1) is 0 Å². The van der Waals surface area contributed by atoms with E-state index in [2.05, 4.69) is 5.16 Å². The van der Waals surface area contributed by atoms with Gasteiger partial charge >= 0.3 is 0 Å². The third-order valence-corrected chi connectivity index (χ3v) is 1.47. The van der Waals surface area contributed by atoms with Gasteiger partial charge in [-0.05, 0) is 6.42 Å². The number of oxime groups is 1. The maximum Gasteiger partial charge on any atom is 0.151 e. The summed E-state index contributed by atoms with van der Waals surface area (Å²) in [4.78, 5) is 0. The summed E-state index contributed by atoms with van der Waals surface area (Å²) >= 11 is 5.22. The third kappa shape index (κ3) is 0.916. The summed E-state index contributed by atoms with van der Waals surface area (Å²) in [6, 6.07) is 0. The minimum absolute atomic E-state index is 0.0162. The van der Waals surface area contributed by atoms with E-state index in [0.717, 1.165) is 0 Å². The molecule has 2 nitrogen and oxygen atoms in total. The highest BCUT2D eigenvalue weighted by Gasteiger charge is 2.41. The fraction of sp³-hybridized carbons (Fsp3) is 0.750. The van der Waals surface area contributed by atoms with Crippen LogP contribution in [-0.4, -0.2) is 16.5 Å². The Balaban J connectivity index is 2.39. The number of hydrogen-bond donors (Lipinski definition) is 1. The van der Waals surface area contributed by atoms with Gasteiger partial charge in [-0.1, -0.05) is 16.8 Å². The SMILES string of the molecule is ON=C(Cl)C1CC1F. The first-order valence-corrected chi connectivity index (χ1v) is 2.65. The zero-order valence-electron chi connectivity index (χ0n) is 4.01. The summed E-state index contributed by atoms with van der Waals surface area (Å²) in [5.74, 6) is -0.318. The van der Waals surface area contributed by atoms with Gasteiger partial charge in [0.2, 0.25) is 0 Å². The second-order valence-corrected chi connectivity index (χ2v) is 2.17. The quantitative estimate of drug-likeness (QED) is 0.331. The summed E-state index contributed by atoms with van der Waals surface area (Å²) in [5, 5.41) is 10.6. The van der Waals surface area contributed by atoms with Crippen LogP contribution in [0.3, 0.4) is 0 Å². The lowest BCUT2D eigenvalue weighted by atomic mass is 10.5. The standard InChI is InChI=1S/C4H5ClFNO/c5-4(7-8)2-1-3(2)6/h2-3,8H,1H2. The topological polar surface area (TPSA) is 32.6 Å². The molecule has 0 amide bonds. The normalized spacial score (nSPS) is 37.5. The van der Waals surface area contributed by atoms with Crippen LogP contribution in [0.4, 0.5) is 4.39 Å². The van der Waals surface area contributed by atoms with Gasteiger partial charge in [0.05, 0.1) is 0 Å². The minimum atomic E-state index is -0.876. The summed E-state index contributed by atoms with van der Waals surface area (Å²) in [7, 11) is 0. The van der Waals surface area contributed by atoms with Crippen molar-refractivity contribution in [2.45, 2.75) is 12.6 Å². The van der Waals surface area contributed by atoms with Gasteiger partial charge in [-0.2, -0.15) is 0 Å². The summed E-state index contributed by atoms with van der Waals surface area (Å²) < 4.78 is 11.9. The molecule has 46 valence electrons. The molecular weight excluding hydrogens is 133 g/mol. The number of rotatable bonds is 1. The van der Waals surface area contributed by atoms with Crippen LogP contribution < -0.4 is 0 Å². The molecule has 1 aliphatic rings. The lowest BCUT2D eigenvalue weighted by molar-refractivity contribution is 0.318. The molecule has 1 aliphatic carbocycles. The van der Waals surface area contributed by atoms with Crippen molar-refractivity contribution < 1.29 is 9.60 Å². The van der Waals surface area contributed by atoms with Crippen LogP contribution in [-0.2, 0) is 0 Å². The predicted octanol–water partition coefficient (Wildman–Crippen LogP) is 1.37. The summed E-state index contributed by atoms with van der Waals surface area (Å²) in [6.07, 6.45) is -0.471. The molecule has 1 saturated carbocycles. The van der Waals surface area contributed by atoms with Crippen LogP contribution in [0.2, 0.25) is 0 Å². The van der Waals surface area contributed by atoms with Crippen molar-refractivity contribution >= 4 is 16.8 Å². The monoisotopic (exact) mass is 137 g/mol. The average molecular weight is 138 g/mol. The van der Waals surface area contributed by atoms with E-state index < -0.39 is 6.17 Å². The molecule has 0 radical (unpaired) electrons. The van der Waals surface area contributed by atoms with Gasteiger partial charge in [0.15, 0.2) is 5.17 Å². The Labute approximate surface area is 50.9 Å². The van der Waals surface area contributed by atoms with Crippen molar-refractivity contribution in [3.63, 3.8) is 0 Å². The molecule has 0 aromatic rings. The lowest BCUT2D eigenvalue weighted by Crippen LogP contribution is -1.91. The van der Waals surface area contributed by atoms with Gasteiger partial charge in [0.25, 0.3) is 0 Å². The van der Waals surface area contributed by atoms with Crippen molar-refractivity contribution in [1.29, 1.82) is 0 Å². The largest absolute Gasteiger partial charge is 0.410 e. The Hall–Kier alpha value is -0.310. The fourth-order valence-corrected chi connectivity index (χ4v) is 0.710. The van der Waals surface area contributed by atoms with Crippen LogP contribution in [0.5, 0.6) is 0 Å². The Kier molecular flexibility index (Phi) is 1.38. The van der Waals surface area contributed by atoms with E-state index in [0.29, 0.717) is 6.42 Å². The molecule has 0 saturated heterocycles. The van der Waals surface area contributed by atoms with Crippen LogP contribution >= 0.6 is 11.6 Å². The molecule has 8 heavy (non-hydrogen) atoms. The van der Waals surface area contributed by atoms with Gasteiger partial charge in [0.1, 0.15) is 6.17 Å². The highest BCUT2D eigenvalue weighted by Crippen LogP contribution is 2.36. The second-order valence-electron chi connectivity index (χ2n) is 1.78. The Bertz CT molecular complexity index is 127. The lowest BCUT2D eigenvalue weighted by Gasteiger charge is -1.83. The van der Waals surface area contributed by atoms with Gasteiger partial charge in [-0.3, -0.25) is 0 Å². The molecule has 2 unspecified atom stereocenters. The van der Waals surface area contributed by atoms with Crippen molar-refractivity contribution in [1.82, 2.24) is 0 Å². The molecule has 4 heteroatoms. The minimum Gasteiger partial charge on any atom is -0.410 e. The van der Waals surface area contributed by atoms with Gasteiger partial charge < -0.3 is 5.21 Å². The predicted molar refractivity (Wildman–Crippen MR) is 28.1 cm³/mol. The van der Waals surface area contributed by atoms with E-state index >= 15 is 0 Å². The van der Waals surface area contributed by atoms with Crippen LogP contribution in [0.1, 0.15) is 6.42 Å². The molecule has 1 rings (SSSR count). The zero-order chi connectivity index (χ0) is 6.15. The molecule has 1 N–H and O–H groups in total. The first kappa shape index (κ1) is 5.82. The molecule has 0 heterocycles. The maximum atomic E-state index is 11.9. The van der Waals surface area contributed by atoms with Crippen LogP contribution in [0.15, 0.2) is 5.16 Å². The molecule has 1 fully saturated rings. The Morgan fingerprint density at radius 1 is 1.88 bits per heavy atom. The van der Waals surface area contributed by atoms with E-state index in [4.69, 9.17) is 16.8 Å². The van der Waals surface area contributed by atoms with Crippen LogP contribution in [0.25, 0.3) is 0 Å². The number of alkyl halides is 1. The van der Waals surface area contributed by atoms with Crippen molar-refractivity contribution in [3.05, 3.63) is 0 Å². The highest BCUT2D eigenvalue weighted by atomic mass is 35.5. The van der Waals surface area contributed by atoms with E-state index in [1.165, 1.54) is 0 Å². The van der Waals surface area contributed by atoms with E-state index in [-0.39, 0.29) is 11.1 Å². The number of halogens is 2. The first-order chi connectivity index (χ1) is 3.75. The van der Waals surface area contributed by atoms with E-state index in [1.54, 1.807) is 0 Å². The highest BCUT2D eigenvalue weighted by molar-refractivity contribution is 6.66. The van der Waals surface area contributed by atoms with Gasteiger partial charge in [-0.25, -0.2) is 4.39 Å². The molecule has 2 atom stereocenters. The van der Waals surface area contributed by atoms with Gasteiger partial charge in [0, 0.05) is 5.92 Å². The molecular formula is C4H5ClFNO. The molecule has 0 aromatic carbocycles. The second kappa shape index (κ2) is 1.90. The number of hydrogen-bond acceptors (Lipinski definition) is 2. The zero-order valence-corrected chi connectivity index (χ0v) is 4.77. The van der Waals surface area contributed by atoms with Crippen molar-refractivity contribution in [2.75, 3.05) is 0 Å². The van der Waals surface area contributed by atoms with Crippen molar-refractivity contribution in [2.24, 2.45) is 11.1 Å². The molecule has 0 aromatic heterocycles. The molecule has 0 aliphatic heterocycles. The van der Waals surface area contributed by atoms with E-state index in [1.807, 2.05) is 0 Å². The van der Waals surface area contributed by atoms with E-state index in [9.17, 15) is 4.39 Å². The molecule has 0 bridgehead atoms. The summed E-state index contributed by atoms with van der Waals surface area (Å²) in [6.45, 7) is 0. The molecule has 0 spiro atoms. The Morgan fingerprint density at radius 2 is 2.38 bits per heavy atom. The maximum absolute atomic E-state index is 11.9. The smallest absolute Gasteiger partial charge is 0.151 e. The fourth-order valence-electron chi connectivity index (χ4n) is 0.485. The average Bonchev–Trinajstić information content (AvgIpc) is 2.45. The van der Waals surface area contributed by atoms with Crippen molar-refractivity contribution in [3.8, 4) is 0 Å². The Morgan fingerprint density at radius 3 is 2.50 bits per heavy atom. The summed E-state index contributed by atoms with van der Waals surface area (Å²) in [5.41, 5.74) is 0. The third-order valence-electron chi connectivity index (χ3n) is 1.11. The number of nitrogens with zero attached hydrogens (tertiary/aromatic N) is 1. The first-order valence-electron chi connectivity index (χ1n) is 2.27.